The van der Waals surface area contributed by atoms with Crippen LogP contribution in [0, 0.1) is 0 Å². The highest BCUT2D eigenvalue weighted by Crippen LogP contribution is 2.32. The van der Waals surface area contributed by atoms with Crippen molar-refractivity contribution in [3.05, 3.63) is 23.8 Å². The van der Waals surface area contributed by atoms with Crippen molar-refractivity contribution in [2.45, 2.75) is 11.0 Å². The molecule has 1 aromatic carbocycles. The minimum Gasteiger partial charge on any atom is -0.382 e. The molecule has 0 saturated carbocycles. The summed E-state index contributed by atoms with van der Waals surface area (Å²) >= 11 is 5.85. The van der Waals surface area contributed by atoms with Crippen molar-refractivity contribution in [1.82, 2.24) is 0 Å². The van der Waals surface area contributed by atoms with E-state index in [1.54, 1.807) is 19.2 Å². The number of methoxy groups -OCH3 is 1. The van der Waals surface area contributed by atoms with Crippen LogP contribution < -0.4 is 4.90 Å². The first-order chi connectivity index (χ1) is 10.0. The fraction of sp³-hybridized carbons (Fsp3) is 0.462. The molecule has 114 valence electrons. The summed E-state index contributed by atoms with van der Waals surface area (Å²) in [4.78, 5) is 2.25. The predicted molar refractivity (Wildman–Crippen MR) is 79.8 cm³/mol. The molecule has 0 radical (unpaired) electrons. The monoisotopic (exact) mass is 330 g/mol. The highest BCUT2D eigenvalue weighted by Gasteiger charge is 2.29. The van der Waals surface area contributed by atoms with E-state index in [1.807, 2.05) is 6.07 Å². The van der Waals surface area contributed by atoms with Crippen LogP contribution in [-0.4, -0.2) is 53.1 Å². The second kappa shape index (κ2) is 5.57. The Hall–Kier alpha value is -1.15. The van der Waals surface area contributed by atoms with Gasteiger partial charge in [0, 0.05) is 31.5 Å². The maximum atomic E-state index is 11.9. The van der Waals surface area contributed by atoms with E-state index in [-0.39, 0.29) is 16.2 Å². The average Bonchev–Trinajstić information content (AvgIpc) is 2.69. The number of hydrogen-bond donors (Lipinski definition) is 0. The molecule has 2 aliphatic rings. The molecule has 0 N–H and O–H groups in total. The lowest BCUT2D eigenvalue weighted by molar-refractivity contribution is -0.0100. The van der Waals surface area contributed by atoms with E-state index in [4.69, 9.17) is 21.1 Å². The lowest BCUT2D eigenvalue weighted by atomic mass is 10.2. The molecule has 0 unspecified atom stereocenters. The average molecular weight is 331 g/mol. The zero-order chi connectivity index (χ0) is 15.0. The molecule has 0 amide bonds. The maximum absolute atomic E-state index is 11.9. The van der Waals surface area contributed by atoms with E-state index in [0.717, 1.165) is 5.69 Å². The largest absolute Gasteiger partial charge is 0.382 e. The third-order valence-corrected chi connectivity index (χ3v) is 5.23. The summed E-state index contributed by atoms with van der Waals surface area (Å²) in [5.41, 5.74) is 1.28. The van der Waals surface area contributed by atoms with E-state index in [2.05, 4.69) is 9.30 Å². The number of halogens is 1. The van der Waals surface area contributed by atoms with Crippen LogP contribution in [-0.2, 0) is 19.5 Å². The summed E-state index contributed by atoms with van der Waals surface area (Å²) in [7, 11) is -2.04. The van der Waals surface area contributed by atoms with Gasteiger partial charge in [-0.05, 0) is 18.2 Å². The van der Waals surface area contributed by atoms with Crippen LogP contribution in [0.2, 0.25) is 0 Å². The molecule has 1 atom stereocenters. The van der Waals surface area contributed by atoms with Crippen LogP contribution in [0.15, 0.2) is 27.5 Å². The summed E-state index contributed by atoms with van der Waals surface area (Å²) in [6.45, 7) is 2.44. The third-order valence-electron chi connectivity index (χ3n) is 3.52. The Morgan fingerprint density at radius 2 is 2.33 bits per heavy atom. The highest BCUT2D eigenvalue weighted by atomic mass is 35.5. The van der Waals surface area contributed by atoms with Crippen LogP contribution in [0.1, 0.15) is 5.56 Å². The predicted octanol–water partition coefficient (Wildman–Crippen LogP) is 1.23. The van der Waals surface area contributed by atoms with Crippen LogP contribution in [0.4, 0.5) is 5.69 Å². The van der Waals surface area contributed by atoms with E-state index in [9.17, 15) is 8.42 Å². The number of anilines is 1. The van der Waals surface area contributed by atoms with Crippen LogP contribution in [0.5, 0.6) is 0 Å². The molecule has 2 heterocycles. The molecule has 0 aliphatic carbocycles. The Morgan fingerprint density at radius 3 is 3.10 bits per heavy atom. The van der Waals surface area contributed by atoms with Gasteiger partial charge < -0.3 is 14.4 Å². The van der Waals surface area contributed by atoms with Gasteiger partial charge in [0.05, 0.1) is 19.3 Å². The summed E-state index contributed by atoms with van der Waals surface area (Å²) in [5.74, 6) is 0. The van der Waals surface area contributed by atoms with Crippen molar-refractivity contribution in [3.8, 4) is 0 Å². The van der Waals surface area contributed by atoms with Gasteiger partial charge in [0.1, 0.15) is 4.90 Å². The van der Waals surface area contributed by atoms with Gasteiger partial charge in [0.2, 0.25) is 0 Å². The SMILES string of the molecule is COC[C@H]1CN(c2ccc3c(c2)S(=O)(=O)N=C3Cl)CCO1. The molecule has 0 aromatic heterocycles. The zero-order valence-electron chi connectivity index (χ0n) is 11.5. The minimum atomic E-state index is -3.67. The quantitative estimate of drug-likeness (QED) is 0.833. The van der Waals surface area contributed by atoms with Crippen molar-refractivity contribution in [1.29, 1.82) is 0 Å². The molecule has 1 saturated heterocycles. The molecule has 0 spiro atoms. The maximum Gasteiger partial charge on any atom is 0.284 e. The van der Waals surface area contributed by atoms with E-state index in [1.165, 1.54) is 0 Å². The number of benzene rings is 1. The van der Waals surface area contributed by atoms with Gasteiger partial charge in [-0.15, -0.1) is 4.40 Å². The fourth-order valence-corrected chi connectivity index (χ4v) is 4.15. The van der Waals surface area contributed by atoms with E-state index < -0.39 is 10.0 Å². The standard InChI is InChI=1S/C13H15ClN2O4S/c1-19-8-10-7-16(4-5-20-10)9-2-3-11-12(6-9)21(17,18)15-13(11)14/h2-3,6,10H,4-5,7-8H2,1H3/t10-/m1/s1. The van der Waals surface area contributed by atoms with Crippen molar-refractivity contribution in [3.63, 3.8) is 0 Å². The minimum absolute atomic E-state index is 0.0200. The second-order valence-electron chi connectivity index (χ2n) is 4.93. The Labute approximate surface area is 128 Å². The smallest absolute Gasteiger partial charge is 0.284 e. The first kappa shape index (κ1) is 14.8. The molecule has 3 rings (SSSR count). The molecule has 2 aliphatic heterocycles. The first-order valence-electron chi connectivity index (χ1n) is 6.51. The molecule has 0 bridgehead atoms. The van der Waals surface area contributed by atoms with Crippen LogP contribution in [0.3, 0.4) is 0 Å². The summed E-state index contributed by atoms with van der Waals surface area (Å²) < 4.78 is 38.1. The van der Waals surface area contributed by atoms with Gasteiger partial charge in [0.25, 0.3) is 10.0 Å². The molecule has 1 fully saturated rings. The van der Waals surface area contributed by atoms with E-state index in [0.29, 0.717) is 31.9 Å². The zero-order valence-corrected chi connectivity index (χ0v) is 13.0. The molecular weight excluding hydrogens is 316 g/mol. The lowest BCUT2D eigenvalue weighted by Gasteiger charge is -2.34. The van der Waals surface area contributed by atoms with Gasteiger partial charge in [0.15, 0.2) is 5.17 Å². The first-order valence-corrected chi connectivity index (χ1v) is 8.33. The Kier molecular flexibility index (Phi) is 3.92. The number of rotatable bonds is 3. The van der Waals surface area contributed by atoms with Gasteiger partial charge in [-0.25, -0.2) is 0 Å². The molecule has 21 heavy (non-hydrogen) atoms. The molecule has 8 heteroatoms. The molecule has 1 aromatic rings. The fourth-order valence-electron chi connectivity index (χ4n) is 2.54. The van der Waals surface area contributed by atoms with Gasteiger partial charge in [-0.3, -0.25) is 0 Å². The Balaban J connectivity index is 1.89. The van der Waals surface area contributed by atoms with Crippen molar-refractivity contribution < 1.29 is 17.9 Å². The number of nitrogens with zero attached hydrogens (tertiary/aromatic N) is 2. The van der Waals surface area contributed by atoms with Crippen molar-refractivity contribution >= 4 is 32.5 Å². The number of fused-ring (bicyclic) bond motifs is 1. The van der Waals surface area contributed by atoms with Crippen molar-refractivity contribution in [2.75, 3.05) is 38.3 Å². The van der Waals surface area contributed by atoms with Crippen LogP contribution in [0.25, 0.3) is 0 Å². The van der Waals surface area contributed by atoms with Gasteiger partial charge >= 0.3 is 0 Å². The normalized spacial score (nSPS) is 23.8. The Bertz CT molecular complexity index is 687. The van der Waals surface area contributed by atoms with Crippen molar-refractivity contribution in [2.24, 2.45) is 4.40 Å². The topological polar surface area (TPSA) is 68.2 Å². The second-order valence-corrected chi connectivity index (χ2v) is 6.86. The van der Waals surface area contributed by atoms with Gasteiger partial charge in [-0.2, -0.15) is 8.42 Å². The number of hydrogen-bond acceptors (Lipinski definition) is 5. The summed E-state index contributed by atoms with van der Waals surface area (Å²) in [5, 5.41) is 0.0239. The third kappa shape index (κ3) is 2.78. The van der Waals surface area contributed by atoms with Gasteiger partial charge in [-0.1, -0.05) is 11.6 Å². The number of morpholine rings is 1. The summed E-state index contributed by atoms with van der Waals surface area (Å²) in [6, 6.07) is 5.17. The summed E-state index contributed by atoms with van der Waals surface area (Å²) in [6.07, 6.45) is -0.0200. The van der Waals surface area contributed by atoms with E-state index >= 15 is 0 Å². The number of ether oxygens (including phenoxy) is 2. The molecular formula is C13H15ClN2O4S. The lowest BCUT2D eigenvalue weighted by Crippen LogP contribution is -2.44. The highest BCUT2D eigenvalue weighted by molar-refractivity contribution is 7.91. The molecule has 6 nitrogen and oxygen atoms in total. The van der Waals surface area contributed by atoms with Crippen LogP contribution >= 0.6 is 11.6 Å². The number of sulfonamides is 1. The Morgan fingerprint density at radius 1 is 1.52 bits per heavy atom.